The number of nitrogens with one attached hydrogen (secondary N) is 2. The van der Waals surface area contributed by atoms with Gasteiger partial charge in [0.1, 0.15) is 17.3 Å². The molecule has 1 amide bonds. The number of benzene rings is 2. The molecule has 0 aromatic heterocycles. The molecule has 0 fully saturated rings. The fourth-order valence-electron chi connectivity index (χ4n) is 1.67. The lowest BCUT2D eigenvalue weighted by Crippen LogP contribution is -2.13. The summed E-state index contributed by atoms with van der Waals surface area (Å²) in [5.74, 6) is -2.17. The van der Waals surface area contributed by atoms with Crippen LogP contribution in [0.3, 0.4) is 0 Å². The molecule has 2 aromatic carbocycles. The third kappa shape index (κ3) is 2.88. The summed E-state index contributed by atoms with van der Waals surface area (Å²) in [6.45, 7) is 0. The van der Waals surface area contributed by atoms with Crippen LogP contribution in [0.5, 0.6) is 0 Å². The summed E-state index contributed by atoms with van der Waals surface area (Å²) < 4.78 is 27.1. The van der Waals surface area contributed by atoms with Gasteiger partial charge in [-0.25, -0.2) is 8.78 Å². The van der Waals surface area contributed by atoms with Crippen LogP contribution in [0.15, 0.2) is 42.5 Å². The molecule has 0 saturated heterocycles. The van der Waals surface area contributed by atoms with Gasteiger partial charge < -0.3 is 10.6 Å². The summed E-state index contributed by atoms with van der Waals surface area (Å²) in [7, 11) is 1.41. The van der Waals surface area contributed by atoms with Crippen LogP contribution in [0.2, 0.25) is 0 Å². The molecule has 2 aromatic rings. The van der Waals surface area contributed by atoms with E-state index in [1.165, 1.54) is 7.05 Å². The van der Waals surface area contributed by atoms with Crippen molar-refractivity contribution < 1.29 is 13.6 Å². The quantitative estimate of drug-likeness (QED) is 0.891. The van der Waals surface area contributed by atoms with Gasteiger partial charge in [-0.15, -0.1) is 0 Å². The van der Waals surface area contributed by atoms with Crippen LogP contribution in [0.1, 0.15) is 10.4 Å². The molecule has 0 bridgehead atoms. The Morgan fingerprint density at radius 1 is 1.05 bits per heavy atom. The van der Waals surface area contributed by atoms with Crippen molar-refractivity contribution in [2.24, 2.45) is 0 Å². The minimum absolute atomic E-state index is 0.0714. The van der Waals surface area contributed by atoms with Gasteiger partial charge >= 0.3 is 0 Å². The van der Waals surface area contributed by atoms with Crippen LogP contribution in [0.25, 0.3) is 0 Å². The van der Waals surface area contributed by atoms with Gasteiger partial charge in [0, 0.05) is 18.3 Å². The smallest absolute Gasteiger partial charge is 0.255 e. The lowest BCUT2D eigenvalue weighted by Gasteiger charge is -2.08. The average Bonchev–Trinajstić information content (AvgIpc) is 2.39. The molecule has 0 aliphatic carbocycles. The number of halogens is 2. The number of anilines is 2. The molecular formula is C14H12F2N2O. The van der Waals surface area contributed by atoms with Gasteiger partial charge in [0.15, 0.2) is 0 Å². The second kappa shape index (κ2) is 5.48. The third-order valence-corrected chi connectivity index (χ3v) is 2.59. The van der Waals surface area contributed by atoms with Gasteiger partial charge in [0.05, 0.1) is 0 Å². The monoisotopic (exact) mass is 262 g/mol. The highest BCUT2D eigenvalue weighted by atomic mass is 19.1. The average molecular weight is 262 g/mol. The Labute approximate surface area is 109 Å². The molecule has 0 aliphatic rings. The molecule has 5 heteroatoms. The minimum atomic E-state index is -0.805. The number of hydrogen-bond donors (Lipinski definition) is 2. The summed E-state index contributed by atoms with van der Waals surface area (Å²) in [5, 5.41) is 4.96. The zero-order valence-corrected chi connectivity index (χ0v) is 10.2. The van der Waals surface area contributed by atoms with E-state index in [-0.39, 0.29) is 11.3 Å². The maximum absolute atomic E-state index is 13.5. The molecule has 0 unspecified atom stereocenters. The summed E-state index contributed by atoms with van der Waals surface area (Å²) in [4.78, 5) is 11.9. The van der Waals surface area contributed by atoms with Crippen LogP contribution in [-0.4, -0.2) is 13.0 Å². The predicted molar refractivity (Wildman–Crippen MR) is 70.3 cm³/mol. The Kier molecular flexibility index (Phi) is 3.75. The van der Waals surface area contributed by atoms with E-state index in [1.807, 2.05) is 0 Å². The molecular weight excluding hydrogens is 250 g/mol. The molecule has 2 N–H and O–H groups in total. The number of hydrogen-bond acceptors (Lipinski definition) is 2. The van der Waals surface area contributed by atoms with Crippen molar-refractivity contribution in [2.75, 3.05) is 17.7 Å². The number of para-hydroxylation sites is 1. The Morgan fingerprint density at radius 3 is 2.16 bits per heavy atom. The summed E-state index contributed by atoms with van der Waals surface area (Å²) in [5.41, 5.74) is 0.236. The van der Waals surface area contributed by atoms with E-state index in [9.17, 15) is 13.6 Å². The first-order valence-electron chi connectivity index (χ1n) is 5.65. The van der Waals surface area contributed by atoms with Gasteiger partial charge in [-0.05, 0) is 24.3 Å². The van der Waals surface area contributed by atoms with E-state index in [2.05, 4.69) is 10.6 Å². The highest BCUT2D eigenvalue weighted by Crippen LogP contribution is 2.20. The van der Waals surface area contributed by atoms with Crippen LogP contribution < -0.4 is 10.6 Å². The Bertz CT molecular complexity index is 577. The van der Waals surface area contributed by atoms with Gasteiger partial charge in [-0.3, -0.25) is 4.79 Å². The number of carbonyl (C=O) groups excluding carboxylic acids is 1. The first-order valence-corrected chi connectivity index (χ1v) is 5.65. The predicted octanol–water partition coefficient (Wildman–Crippen LogP) is 3.26. The molecule has 19 heavy (non-hydrogen) atoms. The normalized spacial score (nSPS) is 10.1. The fourth-order valence-corrected chi connectivity index (χ4v) is 1.67. The molecule has 0 aliphatic heterocycles. The van der Waals surface area contributed by atoms with E-state index in [0.29, 0.717) is 5.69 Å². The van der Waals surface area contributed by atoms with E-state index in [4.69, 9.17) is 0 Å². The topological polar surface area (TPSA) is 41.1 Å². The van der Waals surface area contributed by atoms with E-state index in [1.54, 1.807) is 30.3 Å². The highest BCUT2D eigenvalue weighted by Gasteiger charge is 2.14. The molecule has 0 heterocycles. The third-order valence-electron chi connectivity index (χ3n) is 2.59. The second-order valence-corrected chi connectivity index (χ2v) is 3.89. The van der Waals surface area contributed by atoms with Gasteiger partial charge in [0.2, 0.25) is 0 Å². The minimum Gasteiger partial charge on any atom is -0.383 e. The van der Waals surface area contributed by atoms with E-state index in [0.717, 1.165) is 12.1 Å². The number of amides is 1. The fraction of sp³-hybridized carbons (Fsp3) is 0.0714. The molecule has 0 atom stereocenters. The van der Waals surface area contributed by atoms with Crippen LogP contribution in [-0.2, 0) is 0 Å². The van der Waals surface area contributed by atoms with Crippen molar-refractivity contribution in [3.05, 3.63) is 59.7 Å². The Hall–Kier alpha value is -2.43. The van der Waals surface area contributed by atoms with Crippen molar-refractivity contribution in [2.45, 2.75) is 0 Å². The highest BCUT2D eigenvalue weighted by molar-refractivity contribution is 6.04. The molecule has 0 spiro atoms. The summed E-state index contributed by atoms with van der Waals surface area (Å²) in [6.07, 6.45) is 0. The lowest BCUT2D eigenvalue weighted by atomic mass is 10.1. The second-order valence-electron chi connectivity index (χ2n) is 3.89. The van der Waals surface area contributed by atoms with Gasteiger partial charge in [0.25, 0.3) is 5.91 Å². The molecule has 3 nitrogen and oxygen atoms in total. The van der Waals surface area contributed by atoms with Gasteiger partial charge in [-0.2, -0.15) is 0 Å². The summed E-state index contributed by atoms with van der Waals surface area (Å²) >= 11 is 0. The lowest BCUT2D eigenvalue weighted by molar-refractivity contribution is 0.102. The molecule has 0 saturated carbocycles. The van der Waals surface area contributed by atoms with E-state index < -0.39 is 17.5 Å². The van der Waals surface area contributed by atoms with Crippen LogP contribution in [0.4, 0.5) is 20.2 Å². The largest absolute Gasteiger partial charge is 0.383 e. The first kappa shape index (κ1) is 13.0. The van der Waals surface area contributed by atoms with Crippen molar-refractivity contribution >= 4 is 17.3 Å². The van der Waals surface area contributed by atoms with Crippen LogP contribution in [0, 0.1) is 11.6 Å². The molecule has 2 rings (SSSR count). The van der Waals surface area contributed by atoms with Crippen molar-refractivity contribution in [3.63, 3.8) is 0 Å². The zero-order valence-electron chi connectivity index (χ0n) is 10.2. The van der Waals surface area contributed by atoms with Crippen LogP contribution >= 0.6 is 0 Å². The van der Waals surface area contributed by atoms with Gasteiger partial charge in [-0.1, -0.05) is 18.2 Å². The van der Waals surface area contributed by atoms with Crippen molar-refractivity contribution in [3.8, 4) is 0 Å². The summed E-state index contributed by atoms with van der Waals surface area (Å²) in [6, 6.07) is 10.7. The number of rotatable bonds is 3. The van der Waals surface area contributed by atoms with Crippen molar-refractivity contribution in [1.29, 1.82) is 0 Å². The SMILES string of the molecule is CNc1c(F)cc(C(=O)Nc2ccccc2)cc1F. The molecule has 98 valence electrons. The number of carbonyl (C=O) groups is 1. The zero-order chi connectivity index (χ0) is 13.8. The maximum Gasteiger partial charge on any atom is 0.255 e. The van der Waals surface area contributed by atoms with Crippen molar-refractivity contribution in [1.82, 2.24) is 0 Å². The standard InChI is InChI=1S/C14H12F2N2O/c1-17-13-11(15)7-9(8-12(13)16)14(19)18-10-5-3-2-4-6-10/h2-8,17H,1H3,(H,18,19). The Morgan fingerprint density at radius 2 is 1.63 bits per heavy atom. The first-order chi connectivity index (χ1) is 9.11. The Balaban J connectivity index is 2.25. The maximum atomic E-state index is 13.5. The van der Waals surface area contributed by atoms with E-state index >= 15 is 0 Å². The molecule has 0 radical (unpaired) electrons.